The Hall–Kier alpha value is 0. The first kappa shape index (κ1) is 21.0. The predicted molar refractivity (Wildman–Crippen MR) is 98.6 cm³/mol. The highest BCUT2D eigenvalue weighted by Crippen LogP contribution is 2.50. The minimum atomic E-state index is 0.535. The Morgan fingerprint density at radius 3 is 1.86 bits per heavy atom. The first-order chi connectivity index (χ1) is 10.1. The summed E-state index contributed by atoms with van der Waals surface area (Å²) in [6, 6.07) is 0. The summed E-state index contributed by atoms with van der Waals surface area (Å²) in [5, 5.41) is 0. The predicted octanol–water partition coefficient (Wildman–Crippen LogP) is 7.96. The molecule has 0 nitrogen and oxygen atoms in total. The van der Waals surface area contributed by atoms with Crippen LogP contribution in [-0.4, -0.2) is 0 Å². The topological polar surface area (TPSA) is 0 Å². The van der Waals surface area contributed by atoms with Gasteiger partial charge in [0.1, 0.15) is 0 Å². The SMILES string of the molecule is CCCCC[C](CCCC)C(CC)(CCC)C(C)CCC. The molecule has 0 amide bonds. The molecule has 0 heterocycles. The monoisotopic (exact) mass is 295 g/mol. The van der Waals surface area contributed by atoms with E-state index in [0.717, 1.165) is 5.92 Å². The normalized spacial score (nSPS) is 16.1. The van der Waals surface area contributed by atoms with Gasteiger partial charge in [0.05, 0.1) is 0 Å². The van der Waals surface area contributed by atoms with Gasteiger partial charge < -0.3 is 0 Å². The maximum Gasteiger partial charge on any atom is -0.0177 e. The fraction of sp³-hybridized carbons (Fsp3) is 0.952. The summed E-state index contributed by atoms with van der Waals surface area (Å²) in [6.07, 6.45) is 16.5. The molecule has 0 spiro atoms. The smallest absolute Gasteiger partial charge is 0.0177 e. The minimum absolute atomic E-state index is 0.535. The van der Waals surface area contributed by atoms with Gasteiger partial charge in [-0.05, 0) is 42.9 Å². The van der Waals surface area contributed by atoms with Crippen molar-refractivity contribution >= 4 is 0 Å². The maximum absolute atomic E-state index is 2.54. The average Bonchev–Trinajstić information content (AvgIpc) is 2.49. The van der Waals surface area contributed by atoms with Gasteiger partial charge in [-0.15, -0.1) is 0 Å². The van der Waals surface area contributed by atoms with Crippen LogP contribution in [0.15, 0.2) is 0 Å². The Morgan fingerprint density at radius 1 is 0.762 bits per heavy atom. The molecule has 0 N–H and O–H groups in total. The Morgan fingerprint density at radius 2 is 1.38 bits per heavy atom. The number of rotatable bonds is 14. The van der Waals surface area contributed by atoms with Crippen molar-refractivity contribution < 1.29 is 0 Å². The van der Waals surface area contributed by atoms with E-state index in [2.05, 4.69) is 41.5 Å². The van der Waals surface area contributed by atoms with Gasteiger partial charge in [-0.1, -0.05) is 92.9 Å². The highest BCUT2D eigenvalue weighted by atomic mass is 14.4. The Kier molecular flexibility index (Phi) is 12.5. The summed E-state index contributed by atoms with van der Waals surface area (Å²) in [7, 11) is 0. The summed E-state index contributed by atoms with van der Waals surface area (Å²) in [6.45, 7) is 14.4. The van der Waals surface area contributed by atoms with Crippen LogP contribution in [0, 0.1) is 17.3 Å². The fourth-order valence-corrected chi connectivity index (χ4v) is 4.30. The highest BCUT2D eigenvalue weighted by molar-refractivity contribution is 5.08. The molecule has 0 saturated heterocycles. The number of unbranched alkanes of at least 4 members (excludes halogenated alkanes) is 3. The van der Waals surface area contributed by atoms with Crippen molar-refractivity contribution in [2.24, 2.45) is 11.3 Å². The number of hydrogen-bond acceptors (Lipinski definition) is 0. The van der Waals surface area contributed by atoms with Crippen molar-refractivity contribution in [1.29, 1.82) is 0 Å². The van der Waals surface area contributed by atoms with Crippen LogP contribution in [0.25, 0.3) is 0 Å². The Labute approximate surface area is 136 Å². The van der Waals surface area contributed by atoms with Crippen molar-refractivity contribution in [2.75, 3.05) is 0 Å². The van der Waals surface area contributed by atoms with Crippen LogP contribution in [0.5, 0.6) is 0 Å². The zero-order chi connectivity index (χ0) is 16.1. The second-order valence-corrected chi connectivity index (χ2v) is 7.11. The standard InChI is InChI=1S/C21H43/c1-7-12-14-17-20(16-13-8-2)21(11-5,18-10-4)19(6)15-9-3/h19H,7-18H2,1-6H3. The van der Waals surface area contributed by atoms with Gasteiger partial charge in [-0.25, -0.2) is 0 Å². The lowest BCUT2D eigenvalue weighted by atomic mass is 9.59. The first-order valence-corrected chi connectivity index (χ1v) is 9.97. The van der Waals surface area contributed by atoms with E-state index in [1.807, 2.05) is 5.92 Å². The second-order valence-electron chi connectivity index (χ2n) is 7.11. The van der Waals surface area contributed by atoms with Crippen molar-refractivity contribution in [3.8, 4) is 0 Å². The van der Waals surface area contributed by atoms with E-state index in [1.54, 1.807) is 0 Å². The molecule has 1 radical (unpaired) electrons. The van der Waals surface area contributed by atoms with E-state index >= 15 is 0 Å². The van der Waals surface area contributed by atoms with Gasteiger partial charge in [0.2, 0.25) is 0 Å². The van der Waals surface area contributed by atoms with Crippen LogP contribution in [0.1, 0.15) is 119 Å². The quantitative estimate of drug-likeness (QED) is 0.285. The van der Waals surface area contributed by atoms with Crippen LogP contribution >= 0.6 is 0 Å². The molecule has 0 aromatic carbocycles. The van der Waals surface area contributed by atoms with Gasteiger partial charge in [0.15, 0.2) is 0 Å². The van der Waals surface area contributed by atoms with Gasteiger partial charge >= 0.3 is 0 Å². The number of hydrogen-bond donors (Lipinski definition) is 0. The highest BCUT2D eigenvalue weighted by Gasteiger charge is 2.40. The molecule has 0 aliphatic rings. The molecular weight excluding hydrogens is 252 g/mol. The molecule has 2 unspecified atom stereocenters. The molecule has 0 aromatic rings. The first-order valence-electron chi connectivity index (χ1n) is 9.97. The molecule has 0 fully saturated rings. The summed E-state index contributed by atoms with van der Waals surface area (Å²) in [4.78, 5) is 0. The molecule has 0 aliphatic heterocycles. The van der Waals surface area contributed by atoms with Gasteiger partial charge in [0.25, 0.3) is 0 Å². The zero-order valence-corrected chi connectivity index (χ0v) is 16.1. The van der Waals surface area contributed by atoms with E-state index in [1.165, 1.54) is 77.0 Å². The third kappa shape index (κ3) is 6.74. The molecule has 0 heteroatoms. The fourth-order valence-electron chi connectivity index (χ4n) is 4.30. The Bertz CT molecular complexity index is 220. The Balaban J connectivity index is 5.10. The largest absolute Gasteiger partial charge is 0.0654 e. The van der Waals surface area contributed by atoms with E-state index in [9.17, 15) is 0 Å². The van der Waals surface area contributed by atoms with Crippen LogP contribution in [0.4, 0.5) is 0 Å². The lowest BCUT2D eigenvalue weighted by molar-refractivity contribution is 0.136. The molecule has 2 atom stereocenters. The van der Waals surface area contributed by atoms with Crippen LogP contribution in [0.3, 0.4) is 0 Å². The van der Waals surface area contributed by atoms with Crippen LogP contribution < -0.4 is 0 Å². The van der Waals surface area contributed by atoms with Crippen LogP contribution in [0.2, 0.25) is 0 Å². The zero-order valence-electron chi connectivity index (χ0n) is 16.1. The molecule has 0 rings (SSSR count). The van der Waals surface area contributed by atoms with Crippen molar-refractivity contribution in [2.45, 2.75) is 119 Å². The lowest BCUT2D eigenvalue weighted by Crippen LogP contribution is -2.35. The van der Waals surface area contributed by atoms with Gasteiger partial charge in [-0.2, -0.15) is 0 Å². The summed E-state index contributed by atoms with van der Waals surface area (Å²) >= 11 is 0. The third-order valence-electron chi connectivity index (χ3n) is 5.61. The van der Waals surface area contributed by atoms with E-state index in [4.69, 9.17) is 0 Å². The van der Waals surface area contributed by atoms with E-state index in [-0.39, 0.29) is 0 Å². The van der Waals surface area contributed by atoms with Crippen LogP contribution in [-0.2, 0) is 0 Å². The molecule has 127 valence electrons. The summed E-state index contributed by atoms with van der Waals surface area (Å²) in [5.41, 5.74) is 0.535. The van der Waals surface area contributed by atoms with E-state index < -0.39 is 0 Å². The molecule has 0 saturated carbocycles. The third-order valence-corrected chi connectivity index (χ3v) is 5.61. The molecule has 21 heavy (non-hydrogen) atoms. The van der Waals surface area contributed by atoms with Crippen molar-refractivity contribution in [3.05, 3.63) is 5.92 Å². The molecule has 0 aromatic heterocycles. The summed E-state index contributed by atoms with van der Waals surface area (Å²) < 4.78 is 0. The van der Waals surface area contributed by atoms with Gasteiger partial charge in [-0.3, -0.25) is 0 Å². The molecule has 0 bridgehead atoms. The maximum atomic E-state index is 2.54. The molecular formula is C21H43. The lowest BCUT2D eigenvalue weighted by Gasteiger charge is -2.45. The van der Waals surface area contributed by atoms with Crippen molar-refractivity contribution in [1.82, 2.24) is 0 Å². The van der Waals surface area contributed by atoms with Crippen molar-refractivity contribution in [3.63, 3.8) is 0 Å². The average molecular weight is 296 g/mol. The van der Waals surface area contributed by atoms with E-state index in [0.29, 0.717) is 5.41 Å². The van der Waals surface area contributed by atoms with Gasteiger partial charge in [0, 0.05) is 0 Å². The minimum Gasteiger partial charge on any atom is -0.0654 e. The molecule has 0 aliphatic carbocycles. The second kappa shape index (κ2) is 12.5. The summed E-state index contributed by atoms with van der Waals surface area (Å²) in [5.74, 6) is 2.80.